The van der Waals surface area contributed by atoms with E-state index < -0.39 is 0 Å². The van der Waals surface area contributed by atoms with Crippen LogP contribution in [0.25, 0.3) is 0 Å². The Balaban J connectivity index is 2.19. The average molecular weight is 296 g/mol. The van der Waals surface area contributed by atoms with E-state index in [-0.39, 0.29) is 0 Å². The van der Waals surface area contributed by atoms with Crippen LogP contribution in [0.1, 0.15) is 11.1 Å². The summed E-state index contributed by atoms with van der Waals surface area (Å²) in [4.78, 5) is 0. The second kappa shape index (κ2) is 6.80. The molecular formula is C15H15Cl2NO. The molecule has 0 aromatic heterocycles. The molecule has 0 aliphatic rings. The summed E-state index contributed by atoms with van der Waals surface area (Å²) in [6.45, 7) is 0.998. The highest BCUT2D eigenvalue weighted by atomic mass is 35.5. The van der Waals surface area contributed by atoms with E-state index in [1.807, 2.05) is 36.4 Å². The minimum atomic E-state index is 0.472. The summed E-state index contributed by atoms with van der Waals surface area (Å²) in [5, 5.41) is 1.12. The van der Waals surface area contributed by atoms with Crippen LogP contribution in [0, 0.1) is 0 Å². The number of hydrogen-bond acceptors (Lipinski definition) is 2. The van der Waals surface area contributed by atoms with E-state index in [4.69, 9.17) is 33.7 Å². The number of benzene rings is 2. The van der Waals surface area contributed by atoms with E-state index in [0.29, 0.717) is 35.4 Å². The topological polar surface area (TPSA) is 35.2 Å². The van der Waals surface area contributed by atoms with Gasteiger partial charge in [0, 0.05) is 5.02 Å². The molecule has 0 atom stereocenters. The molecule has 4 heteroatoms. The molecule has 2 aromatic carbocycles. The van der Waals surface area contributed by atoms with Crippen molar-refractivity contribution in [1.82, 2.24) is 0 Å². The number of hydrogen-bond donors (Lipinski definition) is 1. The highest BCUT2D eigenvalue weighted by Crippen LogP contribution is 2.33. The maximum absolute atomic E-state index is 6.19. The number of nitrogens with two attached hydrogens (primary N) is 1. The summed E-state index contributed by atoms with van der Waals surface area (Å²) in [6, 6.07) is 13.5. The van der Waals surface area contributed by atoms with E-state index in [0.717, 1.165) is 11.1 Å². The van der Waals surface area contributed by atoms with E-state index in [9.17, 15) is 0 Å². The van der Waals surface area contributed by atoms with Crippen molar-refractivity contribution in [3.8, 4) is 5.75 Å². The van der Waals surface area contributed by atoms with Crippen molar-refractivity contribution in [1.29, 1.82) is 0 Å². The Morgan fingerprint density at radius 1 is 1.05 bits per heavy atom. The molecule has 2 aromatic rings. The molecule has 0 aliphatic carbocycles. The summed E-state index contributed by atoms with van der Waals surface area (Å²) < 4.78 is 5.82. The zero-order valence-electron chi connectivity index (χ0n) is 10.4. The van der Waals surface area contributed by atoms with Gasteiger partial charge in [-0.05, 0) is 36.2 Å². The van der Waals surface area contributed by atoms with Gasteiger partial charge in [-0.15, -0.1) is 0 Å². The molecule has 0 aliphatic heterocycles. The highest BCUT2D eigenvalue weighted by molar-refractivity contribution is 6.35. The van der Waals surface area contributed by atoms with Gasteiger partial charge in [-0.1, -0.05) is 53.5 Å². The van der Waals surface area contributed by atoms with Gasteiger partial charge in [0.15, 0.2) is 0 Å². The minimum Gasteiger partial charge on any atom is -0.487 e. The van der Waals surface area contributed by atoms with Crippen LogP contribution in [0.4, 0.5) is 0 Å². The van der Waals surface area contributed by atoms with Crippen LogP contribution in [0.15, 0.2) is 42.5 Å². The van der Waals surface area contributed by atoms with Crippen LogP contribution in [0.2, 0.25) is 10.0 Å². The first kappa shape index (κ1) is 14.2. The minimum absolute atomic E-state index is 0.472. The Bertz CT molecular complexity index is 543. The van der Waals surface area contributed by atoms with Crippen molar-refractivity contribution >= 4 is 23.2 Å². The van der Waals surface area contributed by atoms with E-state index >= 15 is 0 Å². The van der Waals surface area contributed by atoms with Crippen molar-refractivity contribution in [2.45, 2.75) is 13.0 Å². The zero-order valence-corrected chi connectivity index (χ0v) is 11.9. The fourth-order valence-electron chi connectivity index (χ4n) is 1.85. The zero-order chi connectivity index (χ0) is 13.7. The van der Waals surface area contributed by atoms with Crippen LogP contribution in [0.5, 0.6) is 5.75 Å². The third kappa shape index (κ3) is 3.87. The second-order valence-electron chi connectivity index (χ2n) is 4.19. The molecular weight excluding hydrogens is 281 g/mol. The Morgan fingerprint density at radius 3 is 2.47 bits per heavy atom. The monoisotopic (exact) mass is 295 g/mol. The molecule has 2 N–H and O–H groups in total. The van der Waals surface area contributed by atoms with Crippen molar-refractivity contribution in [2.75, 3.05) is 6.54 Å². The quantitative estimate of drug-likeness (QED) is 0.902. The average Bonchev–Trinajstić information content (AvgIpc) is 2.39. The summed E-state index contributed by atoms with van der Waals surface area (Å²) in [6.07, 6.45) is 0.685. The van der Waals surface area contributed by atoms with Crippen molar-refractivity contribution in [3.05, 3.63) is 63.6 Å². The fourth-order valence-corrected chi connectivity index (χ4v) is 2.44. The summed E-state index contributed by atoms with van der Waals surface area (Å²) in [5.74, 6) is 0.667. The smallest absolute Gasteiger partial charge is 0.141 e. The van der Waals surface area contributed by atoms with Crippen LogP contribution in [-0.4, -0.2) is 6.54 Å². The molecule has 100 valence electrons. The predicted molar refractivity (Wildman–Crippen MR) is 80.0 cm³/mol. The molecule has 0 heterocycles. The van der Waals surface area contributed by atoms with Gasteiger partial charge in [-0.3, -0.25) is 0 Å². The Morgan fingerprint density at radius 2 is 1.79 bits per heavy atom. The lowest BCUT2D eigenvalue weighted by Gasteiger charge is -2.13. The van der Waals surface area contributed by atoms with Gasteiger partial charge in [0.05, 0.1) is 5.02 Å². The molecule has 2 rings (SSSR count). The van der Waals surface area contributed by atoms with Gasteiger partial charge in [-0.25, -0.2) is 0 Å². The van der Waals surface area contributed by atoms with Gasteiger partial charge in [-0.2, -0.15) is 0 Å². The summed E-state index contributed by atoms with van der Waals surface area (Å²) in [5.41, 5.74) is 7.63. The van der Waals surface area contributed by atoms with E-state index in [1.165, 1.54) is 0 Å². The lowest BCUT2D eigenvalue weighted by molar-refractivity contribution is 0.303. The summed E-state index contributed by atoms with van der Waals surface area (Å²) >= 11 is 12.2. The van der Waals surface area contributed by atoms with Gasteiger partial charge >= 0.3 is 0 Å². The molecule has 0 saturated heterocycles. The normalized spacial score (nSPS) is 10.5. The molecule has 0 amide bonds. The van der Waals surface area contributed by atoms with Crippen LogP contribution < -0.4 is 10.5 Å². The SMILES string of the molecule is NCCc1cc(Cl)cc(Cl)c1OCc1ccccc1. The Kier molecular flexibility index (Phi) is 5.08. The molecule has 2 nitrogen and oxygen atoms in total. The first-order valence-corrected chi connectivity index (χ1v) is 6.81. The van der Waals surface area contributed by atoms with Crippen molar-refractivity contribution < 1.29 is 4.74 Å². The maximum atomic E-state index is 6.19. The molecule has 19 heavy (non-hydrogen) atoms. The third-order valence-electron chi connectivity index (χ3n) is 2.72. The van der Waals surface area contributed by atoms with Gasteiger partial charge in [0.25, 0.3) is 0 Å². The van der Waals surface area contributed by atoms with Crippen LogP contribution >= 0.6 is 23.2 Å². The van der Waals surface area contributed by atoms with Crippen LogP contribution in [0.3, 0.4) is 0 Å². The fraction of sp³-hybridized carbons (Fsp3) is 0.200. The Hall–Kier alpha value is -1.22. The number of halogens is 2. The summed E-state index contributed by atoms with van der Waals surface area (Å²) in [7, 11) is 0. The van der Waals surface area contributed by atoms with Gasteiger partial charge in [0.1, 0.15) is 12.4 Å². The van der Waals surface area contributed by atoms with Gasteiger partial charge in [0.2, 0.25) is 0 Å². The lowest BCUT2D eigenvalue weighted by Crippen LogP contribution is -2.06. The molecule has 0 spiro atoms. The van der Waals surface area contributed by atoms with E-state index in [1.54, 1.807) is 6.07 Å². The number of rotatable bonds is 5. The van der Waals surface area contributed by atoms with E-state index in [2.05, 4.69) is 0 Å². The second-order valence-corrected chi connectivity index (χ2v) is 5.03. The molecule has 0 radical (unpaired) electrons. The lowest BCUT2D eigenvalue weighted by atomic mass is 10.1. The van der Waals surface area contributed by atoms with Gasteiger partial charge < -0.3 is 10.5 Å². The standard InChI is InChI=1S/C15H15Cl2NO/c16-13-8-12(6-7-18)15(14(17)9-13)19-10-11-4-2-1-3-5-11/h1-5,8-9H,6-7,10,18H2. The maximum Gasteiger partial charge on any atom is 0.141 e. The third-order valence-corrected chi connectivity index (χ3v) is 3.22. The van der Waals surface area contributed by atoms with Crippen LogP contribution in [-0.2, 0) is 13.0 Å². The Labute approximate surface area is 123 Å². The number of ether oxygens (including phenoxy) is 1. The predicted octanol–water partition coefficient (Wildman–Crippen LogP) is 4.07. The molecule has 0 unspecified atom stereocenters. The molecule has 0 bridgehead atoms. The highest BCUT2D eigenvalue weighted by Gasteiger charge is 2.10. The largest absolute Gasteiger partial charge is 0.487 e. The van der Waals surface area contributed by atoms with Crippen molar-refractivity contribution in [3.63, 3.8) is 0 Å². The molecule has 0 fully saturated rings. The molecule has 0 saturated carbocycles. The first-order valence-electron chi connectivity index (χ1n) is 6.05. The van der Waals surface area contributed by atoms with Crippen molar-refractivity contribution in [2.24, 2.45) is 5.73 Å². The first-order chi connectivity index (χ1) is 9.20.